The van der Waals surface area contributed by atoms with Crippen molar-refractivity contribution in [3.8, 4) is 6.07 Å². The lowest BCUT2D eigenvalue weighted by atomic mass is 10.1. The van der Waals surface area contributed by atoms with Gasteiger partial charge in [0.25, 0.3) is 5.69 Å². The molecule has 0 unspecified atom stereocenters. The number of hydrogen-bond acceptors (Lipinski definition) is 5. The average molecular weight is 264 g/mol. The molecule has 0 saturated carbocycles. The summed E-state index contributed by atoms with van der Waals surface area (Å²) in [6.07, 6.45) is 1.66. The molecule has 0 aliphatic rings. The molecule has 90 valence electrons. The normalized spacial score (nSPS) is 10.6. The van der Waals surface area contributed by atoms with Crippen molar-refractivity contribution in [2.45, 2.75) is 0 Å². The zero-order chi connectivity index (χ0) is 13.7. The van der Waals surface area contributed by atoms with Gasteiger partial charge in [0.1, 0.15) is 16.7 Å². The molecule has 1 N–H and O–H groups in total. The number of nitro benzene ring substituents is 1. The third-order valence-electron chi connectivity index (χ3n) is 1.99. The van der Waals surface area contributed by atoms with E-state index in [4.69, 9.17) is 22.3 Å². The van der Waals surface area contributed by atoms with Crippen molar-refractivity contribution < 1.29 is 9.72 Å². The molecule has 7 heteroatoms. The first-order valence-corrected chi connectivity index (χ1v) is 4.98. The third kappa shape index (κ3) is 2.99. The highest BCUT2D eigenvalue weighted by Gasteiger charge is 2.13. The molecule has 0 heterocycles. The maximum Gasteiger partial charge on any atom is 0.288 e. The average Bonchev–Trinajstić information content (AvgIpc) is 2.36. The summed E-state index contributed by atoms with van der Waals surface area (Å²) in [4.78, 5) is 21.1. The molecule has 1 aromatic carbocycles. The van der Waals surface area contributed by atoms with E-state index in [1.54, 1.807) is 6.07 Å². The Morgan fingerprint density at radius 3 is 2.72 bits per heavy atom. The molecule has 0 radical (unpaired) electrons. The highest BCUT2D eigenvalue weighted by atomic mass is 35.5. The van der Waals surface area contributed by atoms with Gasteiger partial charge in [-0.05, 0) is 17.7 Å². The minimum Gasteiger partial charge on any atom is -0.305 e. The number of nitriles is 1. The second-order valence-electron chi connectivity index (χ2n) is 3.15. The number of hydrogen-bond donors (Lipinski definition) is 1. The van der Waals surface area contributed by atoms with E-state index in [0.29, 0.717) is 6.21 Å². The van der Waals surface area contributed by atoms with Crippen molar-refractivity contribution in [2.75, 3.05) is 0 Å². The van der Waals surface area contributed by atoms with Crippen LogP contribution < -0.4 is 0 Å². The van der Waals surface area contributed by atoms with Gasteiger partial charge in [0.05, 0.1) is 11.1 Å². The first-order valence-electron chi connectivity index (χ1n) is 4.60. The van der Waals surface area contributed by atoms with Gasteiger partial charge in [-0.1, -0.05) is 17.7 Å². The van der Waals surface area contributed by atoms with E-state index in [-0.39, 0.29) is 21.8 Å². The largest absolute Gasteiger partial charge is 0.305 e. The fourth-order valence-corrected chi connectivity index (χ4v) is 1.35. The maximum atomic E-state index is 11.1. The molecule has 0 atom stereocenters. The van der Waals surface area contributed by atoms with Crippen LogP contribution in [0.1, 0.15) is 5.56 Å². The van der Waals surface area contributed by atoms with Crippen LogP contribution >= 0.6 is 11.6 Å². The van der Waals surface area contributed by atoms with Crippen LogP contribution in [0.2, 0.25) is 5.02 Å². The minimum absolute atomic E-state index is 0.0333. The number of allylic oxidation sites excluding steroid dienone is 1. The summed E-state index contributed by atoms with van der Waals surface area (Å²) in [6.45, 7) is 0. The number of carbonyl (C=O) groups excluding carboxylic acids is 1. The Morgan fingerprint density at radius 1 is 1.56 bits per heavy atom. The Morgan fingerprint density at radius 2 is 2.22 bits per heavy atom. The molecule has 0 fully saturated rings. The lowest BCUT2D eigenvalue weighted by Gasteiger charge is -1.98. The highest BCUT2D eigenvalue weighted by Crippen LogP contribution is 2.26. The third-order valence-corrected chi connectivity index (χ3v) is 2.31. The van der Waals surface area contributed by atoms with Crippen LogP contribution in [0.15, 0.2) is 23.8 Å². The van der Waals surface area contributed by atoms with Crippen molar-refractivity contribution in [2.24, 2.45) is 0 Å². The molecule has 0 bridgehead atoms. The number of nitro groups is 1. The molecular formula is C11H6ClN3O3. The molecular weight excluding hydrogens is 258 g/mol. The topological polar surface area (TPSA) is 108 Å². The first-order chi connectivity index (χ1) is 8.49. The SMILES string of the molecule is N#CC(=Cc1ccc(Cl)c([N+](=O)[O-])c1)C(=O)C=N. The number of nitrogens with one attached hydrogen (secondary N) is 1. The van der Waals surface area contributed by atoms with Crippen LogP contribution in [0.4, 0.5) is 5.69 Å². The standard InChI is InChI=1S/C11H6ClN3O3/c12-9-2-1-7(4-10(9)15(17)18)3-8(5-13)11(16)6-14/h1-4,6,14H. The lowest BCUT2D eigenvalue weighted by molar-refractivity contribution is -0.384. The van der Waals surface area contributed by atoms with Gasteiger partial charge in [-0.25, -0.2) is 0 Å². The quantitative estimate of drug-likeness (QED) is 0.296. The minimum atomic E-state index is -0.768. The molecule has 1 aromatic rings. The van der Waals surface area contributed by atoms with Crippen molar-refractivity contribution in [3.05, 3.63) is 44.5 Å². The first kappa shape index (κ1) is 13.5. The van der Waals surface area contributed by atoms with E-state index >= 15 is 0 Å². The van der Waals surface area contributed by atoms with Crippen LogP contribution in [-0.4, -0.2) is 16.9 Å². The summed E-state index contributed by atoms with van der Waals surface area (Å²) in [5.74, 6) is -0.768. The van der Waals surface area contributed by atoms with Gasteiger partial charge in [0, 0.05) is 6.07 Å². The van der Waals surface area contributed by atoms with Gasteiger partial charge >= 0.3 is 0 Å². The molecule has 0 aliphatic carbocycles. The van der Waals surface area contributed by atoms with E-state index in [0.717, 1.165) is 12.1 Å². The summed E-state index contributed by atoms with van der Waals surface area (Å²) in [7, 11) is 0. The number of Topliss-reactive ketones (excluding diaryl/α,β-unsaturated/α-hetero) is 1. The number of benzene rings is 1. The Bertz CT molecular complexity index is 602. The summed E-state index contributed by atoms with van der Waals surface area (Å²) in [5, 5.41) is 26.1. The van der Waals surface area contributed by atoms with Gasteiger partial charge in [-0.15, -0.1) is 0 Å². The lowest BCUT2D eigenvalue weighted by Crippen LogP contribution is -2.00. The number of carbonyl (C=O) groups is 1. The zero-order valence-corrected chi connectivity index (χ0v) is 9.64. The zero-order valence-electron chi connectivity index (χ0n) is 8.88. The molecule has 0 amide bonds. The van der Waals surface area contributed by atoms with Gasteiger partial charge in [0.2, 0.25) is 5.78 Å². The highest BCUT2D eigenvalue weighted by molar-refractivity contribution is 6.36. The van der Waals surface area contributed by atoms with E-state index < -0.39 is 10.7 Å². The van der Waals surface area contributed by atoms with Crippen LogP contribution in [0.5, 0.6) is 0 Å². The molecule has 0 aromatic heterocycles. The molecule has 6 nitrogen and oxygen atoms in total. The number of nitrogens with zero attached hydrogens (tertiary/aromatic N) is 2. The Balaban J connectivity index is 3.27. The van der Waals surface area contributed by atoms with E-state index in [1.807, 2.05) is 0 Å². The van der Waals surface area contributed by atoms with Crippen LogP contribution in [0.3, 0.4) is 0 Å². The second kappa shape index (κ2) is 5.70. The summed E-state index contributed by atoms with van der Waals surface area (Å²) in [5.41, 5.74) is -0.301. The second-order valence-corrected chi connectivity index (χ2v) is 3.55. The predicted octanol–water partition coefficient (Wildman–Crippen LogP) is 2.37. The van der Waals surface area contributed by atoms with Crippen molar-refractivity contribution in [1.29, 1.82) is 10.7 Å². The molecule has 0 saturated heterocycles. The van der Waals surface area contributed by atoms with Gasteiger partial charge < -0.3 is 5.41 Å². The number of halogens is 1. The van der Waals surface area contributed by atoms with Gasteiger partial charge in [-0.3, -0.25) is 14.9 Å². The number of rotatable bonds is 4. The Labute approximate surface area is 107 Å². The molecule has 0 aliphatic heterocycles. The van der Waals surface area contributed by atoms with Gasteiger partial charge in [-0.2, -0.15) is 5.26 Å². The van der Waals surface area contributed by atoms with E-state index in [1.165, 1.54) is 12.1 Å². The predicted molar refractivity (Wildman–Crippen MR) is 65.5 cm³/mol. The summed E-state index contributed by atoms with van der Waals surface area (Å²) in [6, 6.07) is 5.51. The Hall–Kier alpha value is -2.52. The summed E-state index contributed by atoms with van der Waals surface area (Å²) >= 11 is 5.62. The monoisotopic (exact) mass is 263 g/mol. The fraction of sp³-hybridized carbons (Fsp3) is 0. The van der Waals surface area contributed by atoms with Crippen LogP contribution in [0, 0.1) is 26.9 Å². The smallest absolute Gasteiger partial charge is 0.288 e. The van der Waals surface area contributed by atoms with Crippen molar-refractivity contribution in [3.63, 3.8) is 0 Å². The van der Waals surface area contributed by atoms with E-state index in [9.17, 15) is 14.9 Å². The maximum absolute atomic E-state index is 11.1. The molecule has 18 heavy (non-hydrogen) atoms. The van der Waals surface area contributed by atoms with Crippen molar-refractivity contribution in [1.82, 2.24) is 0 Å². The fourth-order valence-electron chi connectivity index (χ4n) is 1.16. The van der Waals surface area contributed by atoms with Gasteiger partial charge in [0.15, 0.2) is 0 Å². The van der Waals surface area contributed by atoms with Crippen LogP contribution in [-0.2, 0) is 4.79 Å². The Kier molecular flexibility index (Phi) is 4.29. The molecule has 0 spiro atoms. The van der Waals surface area contributed by atoms with E-state index in [2.05, 4.69) is 0 Å². The van der Waals surface area contributed by atoms with Crippen LogP contribution in [0.25, 0.3) is 6.08 Å². The van der Waals surface area contributed by atoms with Crippen molar-refractivity contribution >= 4 is 35.4 Å². The number of ketones is 1. The molecule has 1 rings (SSSR count). The summed E-state index contributed by atoms with van der Waals surface area (Å²) < 4.78 is 0.